The SMILES string of the molecule is CC(C)c1ccc(S(=O)(=O)N2CCN(c3cccc4cccnc34)CC2)cc1. The molecule has 4 rings (SSSR count). The van der Waals surface area contributed by atoms with E-state index in [1.807, 2.05) is 36.4 Å². The lowest BCUT2D eigenvalue weighted by molar-refractivity contribution is 0.385. The van der Waals surface area contributed by atoms with Crippen LogP contribution in [0.3, 0.4) is 0 Å². The van der Waals surface area contributed by atoms with E-state index in [1.54, 1.807) is 22.6 Å². The summed E-state index contributed by atoms with van der Waals surface area (Å²) < 4.78 is 27.6. The van der Waals surface area contributed by atoms with Gasteiger partial charge in [0.2, 0.25) is 10.0 Å². The Morgan fingerprint density at radius 1 is 0.893 bits per heavy atom. The lowest BCUT2D eigenvalue weighted by Gasteiger charge is -2.35. The Morgan fingerprint density at radius 3 is 2.25 bits per heavy atom. The Kier molecular flexibility index (Phi) is 5.08. The second-order valence-corrected chi connectivity index (χ2v) is 9.41. The summed E-state index contributed by atoms with van der Waals surface area (Å²) in [7, 11) is -3.46. The van der Waals surface area contributed by atoms with E-state index in [0.717, 1.165) is 22.2 Å². The molecule has 1 aliphatic rings. The van der Waals surface area contributed by atoms with Gasteiger partial charge in [0.05, 0.1) is 16.1 Å². The summed E-state index contributed by atoms with van der Waals surface area (Å²) in [6, 6.07) is 17.4. The molecule has 0 unspecified atom stereocenters. The van der Waals surface area contributed by atoms with Crippen molar-refractivity contribution in [1.82, 2.24) is 9.29 Å². The van der Waals surface area contributed by atoms with Gasteiger partial charge in [0, 0.05) is 37.8 Å². The Labute approximate surface area is 166 Å². The van der Waals surface area contributed by atoms with Crippen molar-refractivity contribution in [1.29, 1.82) is 0 Å². The Bertz CT molecular complexity index is 1070. The maximum absolute atomic E-state index is 13.0. The molecule has 1 aromatic heterocycles. The largest absolute Gasteiger partial charge is 0.367 e. The highest BCUT2D eigenvalue weighted by Crippen LogP contribution is 2.27. The zero-order valence-electron chi connectivity index (χ0n) is 16.2. The Balaban J connectivity index is 1.51. The topological polar surface area (TPSA) is 53.5 Å². The number of anilines is 1. The molecule has 0 N–H and O–H groups in total. The molecular formula is C22H25N3O2S. The highest BCUT2D eigenvalue weighted by atomic mass is 32.2. The number of benzene rings is 2. The van der Waals surface area contributed by atoms with Crippen LogP contribution in [-0.2, 0) is 10.0 Å². The number of sulfonamides is 1. The number of nitrogens with zero attached hydrogens (tertiary/aromatic N) is 3. The minimum Gasteiger partial charge on any atom is -0.367 e. The van der Waals surface area contributed by atoms with E-state index < -0.39 is 10.0 Å². The van der Waals surface area contributed by atoms with Crippen LogP contribution in [0.1, 0.15) is 25.3 Å². The van der Waals surface area contributed by atoms with Crippen molar-refractivity contribution in [2.45, 2.75) is 24.7 Å². The fourth-order valence-corrected chi connectivity index (χ4v) is 5.11. The molecule has 1 fully saturated rings. The van der Waals surface area contributed by atoms with Gasteiger partial charge in [-0.05, 0) is 35.7 Å². The van der Waals surface area contributed by atoms with Crippen LogP contribution in [0.15, 0.2) is 65.7 Å². The normalized spacial score (nSPS) is 16.0. The molecule has 1 saturated heterocycles. The number of pyridine rings is 1. The molecule has 0 atom stereocenters. The molecule has 3 aromatic rings. The third kappa shape index (κ3) is 3.50. The van der Waals surface area contributed by atoms with Gasteiger partial charge in [-0.25, -0.2) is 8.42 Å². The molecule has 1 aliphatic heterocycles. The zero-order valence-corrected chi connectivity index (χ0v) is 17.1. The van der Waals surface area contributed by atoms with Gasteiger partial charge in [0.15, 0.2) is 0 Å². The molecule has 2 aromatic carbocycles. The summed E-state index contributed by atoms with van der Waals surface area (Å²) in [5.74, 6) is 0.384. The molecule has 0 aliphatic carbocycles. The van der Waals surface area contributed by atoms with E-state index in [4.69, 9.17) is 0 Å². The third-order valence-electron chi connectivity index (χ3n) is 5.38. The predicted molar refractivity (Wildman–Crippen MR) is 113 cm³/mol. The number of piperazine rings is 1. The van der Waals surface area contributed by atoms with Crippen molar-refractivity contribution in [2.75, 3.05) is 31.1 Å². The van der Waals surface area contributed by atoms with Crippen molar-refractivity contribution < 1.29 is 8.42 Å². The van der Waals surface area contributed by atoms with Crippen molar-refractivity contribution >= 4 is 26.6 Å². The predicted octanol–water partition coefficient (Wildman–Crippen LogP) is 3.87. The molecule has 6 heteroatoms. The minimum absolute atomic E-state index is 0.372. The van der Waals surface area contributed by atoms with E-state index in [0.29, 0.717) is 37.0 Å². The summed E-state index contributed by atoms with van der Waals surface area (Å²) in [6.45, 7) is 6.45. The minimum atomic E-state index is -3.46. The second-order valence-electron chi connectivity index (χ2n) is 7.47. The Hall–Kier alpha value is -2.44. The molecule has 28 heavy (non-hydrogen) atoms. The van der Waals surface area contributed by atoms with Gasteiger partial charge in [-0.15, -0.1) is 0 Å². The summed E-state index contributed by atoms with van der Waals surface area (Å²) in [5, 5.41) is 1.10. The maximum atomic E-state index is 13.0. The summed E-state index contributed by atoms with van der Waals surface area (Å²) in [5.41, 5.74) is 3.18. The average Bonchev–Trinajstić information content (AvgIpc) is 2.73. The van der Waals surface area contributed by atoms with Crippen molar-refractivity contribution in [3.05, 3.63) is 66.4 Å². The molecule has 146 valence electrons. The van der Waals surface area contributed by atoms with E-state index >= 15 is 0 Å². The standard InChI is InChI=1S/C22H25N3O2S/c1-17(2)18-8-10-20(11-9-18)28(26,27)25-15-13-24(14-16-25)21-7-3-5-19-6-4-12-23-22(19)21/h3-12,17H,13-16H2,1-2H3. The van der Waals surface area contributed by atoms with Crippen LogP contribution in [-0.4, -0.2) is 43.9 Å². The number of fused-ring (bicyclic) bond motifs is 1. The van der Waals surface area contributed by atoms with Gasteiger partial charge in [-0.2, -0.15) is 4.31 Å². The highest BCUT2D eigenvalue weighted by molar-refractivity contribution is 7.89. The molecule has 5 nitrogen and oxygen atoms in total. The number of para-hydroxylation sites is 1. The number of hydrogen-bond acceptors (Lipinski definition) is 4. The summed E-state index contributed by atoms with van der Waals surface area (Å²) in [4.78, 5) is 7.12. The van der Waals surface area contributed by atoms with Gasteiger partial charge in [-0.3, -0.25) is 4.98 Å². The van der Waals surface area contributed by atoms with Crippen LogP contribution in [0, 0.1) is 0 Å². The lowest BCUT2D eigenvalue weighted by atomic mass is 10.0. The molecule has 0 saturated carbocycles. The van der Waals surface area contributed by atoms with E-state index in [1.165, 1.54) is 0 Å². The van der Waals surface area contributed by atoms with Crippen LogP contribution < -0.4 is 4.90 Å². The number of aromatic nitrogens is 1. The van der Waals surface area contributed by atoms with E-state index in [2.05, 4.69) is 29.8 Å². The lowest BCUT2D eigenvalue weighted by Crippen LogP contribution is -2.48. The van der Waals surface area contributed by atoms with E-state index in [9.17, 15) is 8.42 Å². The third-order valence-corrected chi connectivity index (χ3v) is 7.29. The molecule has 0 spiro atoms. The second kappa shape index (κ2) is 7.53. The first-order valence-corrected chi connectivity index (χ1v) is 11.1. The summed E-state index contributed by atoms with van der Waals surface area (Å²) in [6.07, 6.45) is 1.80. The monoisotopic (exact) mass is 395 g/mol. The van der Waals surface area contributed by atoms with E-state index in [-0.39, 0.29) is 0 Å². The zero-order chi connectivity index (χ0) is 19.7. The average molecular weight is 396 g/mol. The molecule has 0 bridgehead atoms. The van der Waals surface area contributed by atoms with Gasteiger partial charge >= 0.3 is 0 Å². The van der Waals surface area contributed by atoms with Gasteiger partial charge in [-0.1, -0.05) is 44.2 Å². The van der Waals surface area contributed by atoms with Crippen LogP contribution in [0.4, 0.5) is 5.69 Å². The van der Waals surface area contributed by atoms with Gasteiger partial charge < -0.3 is 4.90 Å². The number of hydrogen-bond donors (Lipinski definition) is 0. The first kappa shape index (κ1) is 18.9. The smallest absolute Gasteiger partial charge is 0.243 e. The quantitative estimate of drug-likeness (QED) is 0.673. The van der Waals surface area contributed by atoms with Crippen LogP contribution in [0.5, 0.6) is 0 Å². The molecule has 0 radical (unpaired) electrons. The maximum Gasteiger partial charge on any atom is 0.243 e. The van der Waals surface area contributed by atoms with Crippen LogP contribution in [0.25, 0.3) is 10.9 Å². The first-order chi connectivity index (χ1) is 13.5. The first-order valence-electron chi connectivity index (χ1n) is 9.65. The van der Waals surface area contributed by atoms with Crippen molar-refractivity contribution in [3.63, 3.8) is 0 Å². The Morgan fingerprint density at radius 2 is 1.57 bits per heavy atom. The number of rotatable bonds is 4. The van der Waals surface area contributed by atoms with Crippen LogP contribution >= 0.6 is 0 Å². The fraction of sp³-hybridized carbons (Fsp3) is 0.318. The fourth-order valence-electron chi connectivity index (χ4n) is 3.69. The van der Waals surface area contributed by atoms with Gasteiger partial charge in [0.25, 0.3) is 0 Å². The highest BCUT2D eigenvalue weighted by Gasteiger charge is 2.29. The van der Waals surface area contributed by atoms with Crippen molar-refractivity contribution in [2.24, 2.45) is 0 Å². The summed E-state index contributed by atoms with van der Waals surface area (Å²) >= 11 is 0. The molecule has 0 amide bonds. The molecule has 2 heterocycles. The molecular weight excluding hydrogens is 370 g/mol. The van der Waals surface area contributed by atoms with Crippen LogP contribution in [0.2, 0.25) is 0 Å². The van der Waals surface area contributed by atoms with Gasteiger partial charge in [0.1, 0.15) is 0 Å². The van der Waals surface area contributed by atoms with Crippen molar-refractivity contribution in [3.8, 4) is 0 Å².